The summed E-state index contributed by atoms with van der Waals surface area (Å²) < 4.78 is 51.3. The van der Waals surface area contributed by atoms with Gasteiger partial charge in [-0.1, -0.05) is 0 Å². The molecule has 6 aromatic heterocycles. The molecule has 0 N–H and O–H groups in total. The highest BCUT2D eigenvalue weighted by molar-refractivity contribution is 5.70. The second kappa shape index (κ2) is 15.3. The molecule has 0 aromatic carbocycles. The van der Waals surface area contributed by atoms with Crippen molar-refractivity contribution in [2.24, 2.45) is 0 Å². The van der Waals surface area contributed by atoms with E-state index in [0.29, 0.717) is 95.2 Å². The van der Waals surface area contributed by atoms with Crippen molar-refractivity contribution in [3.05, 3.63) is 142 Å². The molecule has 6 aromatic rings. The molecule has 12 bridgehead atoms. The van der Waals surface area contributed by atoms with Crippen LogP contribution in [0, 0.1) is 0 Å². The molecule has 0 atom stereocenters. The Bertz CT molecular complexity index is 2150. The fraction of sp³-hybridized carbons (Fsp3) is 0.480. The van der Waals surface area contributed by atoms with Gasteiger partial charge in [-0.05, 0) is 169 Å². The van der Waals surface area contributed by atoms with Crippen LogP contribution in [0.15, 0.2) is 99.3 Å². The normalized spacial score (nSPS) is 21.5. The molecule has 7 heterocycles. The van der Waals surface area contributed by atoms with E-state index in [1.165, 1.54) is 0 Å². The summed E-state index contributed by atoms with van der Waals surface area (Å²) in [6.45, 7) is 24.8. The third-order valence-corrected chi connectivity index (χ3v) is 13.0. The SMILES string of the molecule is CCOC(=O)CCC1(C)c2ccc(o2)C(C)(C)c2ccc(o2)C(C)(C)c2ccc(o2)C(C)(CCC(=O)OCC)c2ccc(o2)C(C)(C)c2ccc(o2)C(C)(C)c2ccc1o2. The Kier molecular flexibility index (Phi) is 10.9. The summed E-state index contributed by atoms with van der Waals surface area (Å²) in [5.41, 5.74) is -4.37. The van der Waals surface area contributed by atoms with Gasteiger partial charge >= 0.3 is 11.9 Å². The van der Waals surface area contributed by atoms with Crippen LogP contribution in [0.4, 0.5) is 0 Å². The first-order valence-electron chi connectivity index (χ1n) is 21.1. The van der Waals surface area contributed by atoms with Crippen LogP contribution in [0.3, 0.4) is 0 Å². The second-order valence-electron chi connectivity index (χ2n) is 18.8. The molecule has 1 aliphatic rings. The van der Waals surface area contributed by atoms with Crippen molar-refractivity contribution in [2.45, 2.75) is 141 Å². The summed E-state index contributed by atoms with van der Waals surface area (Å²) in [6.07, 6.45) is 1.12. The molecule has 0 saturated heterocycles. The molecule has 7 rings (SSSR count). The van der Waals surface area contributed by atoms with Crippen LogP contribution in [-0.4, -0.2) is 25.2 Å². The maximum Gasteiger partial charge on any atom is 0.305 e. The third-order valence-electron chi connectivity index (χ3n) is 13.0. The standard InChI is InChI=1S/C50H60O10/c1-13-53-43(51)27-29-49(11)39-23-19-35(57-39)45(3,4)31-15-17-33(55-31)47(7,8)37-21-25-41(59-37)50(12,30-28-44(52)54-14-2)42-26-22-38(60-42)48(9,10)34-18-16-32(56-34)46(5,6)36-20-24-40(49)58-36/h15-26H,13-14,27-30H2,1-12H3. The number of hydrogen-bond donors (Lipinski definition) is 0. The lowest BCUT2D eigenvalue weighted by molar-refractivity contribution is -0.144. The van der Waals surface area contributed by atoms with E-state index < -0.39 is 32.5 Å². The first kappa shape index (κ1) is 42.7. The zero-order valence-corrected chi connectivity index (χ0v) is 37.3. The summed E-state index contributed by atoms with van der Waals surface area (Å²) in [5, 5.41) is 0. The van der Waals surface area contributed by atoms with Crippen LogP contribution in [0.25, 0.3) is 0 Å². The predicted octanol–water partition coefficient (Wildman–Crippen LogP) is 12.2. The van der Waals surface area contributed by atoms with Crippen molar-refractivity contribution >= 4 is 11.9 Å². The fourth-order valence-corrected chi connectivity index (χ4v) is 8.29. The average molecular weight is 821 g/mol. The van der Waals surface area contributed by atoms with Crippen LogP contribution >= 0.6 is 0 Å². The van der Waals surface area contributed by atoms with Gasteiger partial charge in [0.1, 0.15) is 69.1 Å². The van der Waals surface area contributed by atoms with E-state index in [9.17, 15) is 9.59 Å². The van der Waals surface area contributed by atoms with Gasteiger partial charge < -0.3 is 36.0 Å². The summed E-state index contributed by atoms with van der Waals surface area (Å²) in [5.74, 6) is 7.69. The molecule has 1 aliphatic heterocycles. The molecule has 0 spiro atoms. The van der Waals surface area contributed by atoms with Gasteiger partial charge in [0, 0.05) is 12.8 Å². The molecule has 10 nitrogen and oxygen atoms in total. The van der Waals surface area contributed by atoms with E-state index in [2.05, 4.69) is 55.4 Å². The Morgan fingerprint density at radius 1 is 0.367 bits per heavy atom. The monoisotopic (exact) mass is 820 g/mol. The van der Waals surface area contributed by atoms with Gasteiger partial charge in [-0.2, -0.15) is 0 Å². The van der Waals surface area contributed by atoms with Gasteiger partial charge in [0.2, 0.25) is 0 Å². The molecule has 0 fully saturated rings. The van der Waals surface area contributed by atoms with Crippen LogP contribution < -0.4 is 0 Å². The van der Waals surface area contributed by atoms with Gasteiger partial charge in [0.05, 0.1) is 45.7 Å². The van der Waals surface area contributed by atoms with Gasteiger partial charge in [-0.25, -0.2) is 0 Å². The molecule has 0 aliphatic carbocycles. The van der Waals surface area contributed by atoms with Crippen molar-refractivity contribution in [3.8, 4) is 0 Å². The molecule has 60 heavy (non-hydrogen) atoms. The van der Waals surface area contributed by atoms with E-state index in [4.69, 9.17) is 36.0 Å². The van der Waals surface area contributed by atoms with Crippen LogP contribution in [0.1, 0.15) is 178 Å². The van der Waals surface area contributed by atoms with Crippen molar-refractivity contribution in [1.29, 1.82) is 0 Å². The molecule has 0 amide bonds. The van der Waals surface area contributed by atoms with Crippen LogP contribution in [0.2, 0.25) is 0 Å². The number of carbonyl (C=O) groups is 2. The number of carbonyl (C=O) groups excluding carboxylic acids is 2. The first-order valence-corrected chi connectivity index (χ1v) is 21.1. The molecule has 0 unspecified atom stereocenters. The number of rotatable bonds is 8. The van der Waals surface area contributed by atoms with Crippen molar-refractivity contribution < 1.29 is 45.6 Å². The Morgan fingerprint density at radius 3 is 0.750 bits per heavy atom. The minimum Gasteiger partial charge on any atom is -0.466 e. The highest BCUT2D eigenvalue weighted by Crippen LogP contribution is 2.48. The maximum atomic E-state index is 12.8. The minimum absolute atomic E-state index is 0.171. The van der Waals surface area contributed by atoms with E-state index in [0.717, 1.165) is 0 Å². The van der Waals surface area contributed by atoms with E-state index in [1.54, 1.807) is 13.8 Å². The Hall–Kier alpha value is -5.38. The number of furan rings is 6. The molecular formula is C50H60O10. The molecule has 0 saturated carbocycles. The van der Waals surface area contributed by atoms with Gasteiger partial charge in [0.25, 0.3) is 0 Å². The van der Waals surface area contributed by atoms with Crippen molar-refractivity contribution in [2.75, 3.05) is 13.2 Å². The van der Waals surface area contributed by atoms with Crippen molar-refractivity contribution in [3.63, 3.8) is 0 Å². The summed E-state index contributed by atoms with van der Waals surface area (Å²) in [6, 6.07) is 23.7. The molecule has 10 heteroatoms. The summed E-state index contributed by atoms with van der Waals surface area (Å²) in [7, 11) is 0. The van der Waals surface area contributed by atoms with Gasteiger partial charge in [-0.15, -0.1) is 0 Å². The highest BCUT2D eigenvalue weighted by atomic mass is 16.5. The largest absolute Gasteiger partial charge is 0.466 e. The molecular weight excluding hydrogens is 761 g/mol. The lowest BCUT2D eigenvalue weighted by Crippen LogP contribution is -2.25. The molecule has 0 radical (unpaired) electrons. The van der Waals surface area contributed by atoms with Gasteiger partial charge in [0.15, 0.2) is 0 Å². The lowest BCUT2D eigenvalue weighted by Gasteiger charge is -2.27. The Morgan fingerprint density at radius 2 is 0.550 bits per heavy atom. The number of fused-ring (bicyclic) bond motifs is 12. The second-order valence-corrected chi connectivity index (χ2v) is 18.8. The summed E-state index contributed by atoms with van der Waals surface area (Å²) in [4.78, 5) is 25.6. The smallest absolute Gasteiger partial charge is 0.305 e. The summed E-state index contributed by atoms with van der Waals surface area (Å²) >= 11 is 0. The quantitative estimate of drug-likeness (QED) is 0.137. The Labute approximate surface area is 353 Å². The fourth-order valence-electron chi connectivity index (χ4n) is 8.29. The Balaban J connectivity index is 1.38. The zero-order valence-electron chi connectivity index (χ0n) is 37.3. The topological polar surface area (TPSA) is 131 Å². The lowest BCUT2D eigenvalue weighted by atomic mass is 9.80. The number of ether oxygens (including phenoxy) is 2. The van der Waals surface area contributed by atoms with Gasteiger partial charge in [-0.3, -0.25) is 9.59 Å². The van der Waals surface area contributed by atoms with Crippen LogP contribution in [-0.2, 0) is 51.6 Å². The number of hydrogen-bond acceptors (Lipinski definition) is 10. The van der Waals surface area contributed by atoms with E-state index in [-0.39, 0.29) is 24.8 Å². The first-order chi connectivity index (χ1) is 28.2. The van der Waals surface area contributed by atoms with E-state index >= 15 is 0 Å². The zero-order chi connectivity index (χ0) is 43.5. The molecule has 320 valence electrons. The van der Waals surface area contributed by atoms with Crippen molar-refractivity contribution in [1.82, 2.24) is 0 Å². The maximum absolute atomic E-state index is 12.8. The van der Waals surface area contributed by atoms with Crippen LogP contribution in [0.5, 0.6) is 0 Å². The number of esters is 2. The predicted molar refractivity (Wildman–Crippen MR) is 225 cm³/mol. The highest BCUT2D eigenvalue weighted by Gasteiger charge is 2.44. The average Bonchev–Trinajstić information content (AvgIpc) is 4.05. The van der Waals surface area contributed by atoms with E-state index in [1.807, 2.05) is 86.6 Å². The third kappa shape index (κ3) is 7.30. The minimum atomic E-state index is -0.825.